The van der Waals surface area contributed by atoms with Gasteiger partial charge in [-0.1, -0.05) is 15.9 Å². The predicted molar refractivity (Wildman–Crippen MR) is 91.9 cm³/mol. The Morgan fingerprint density at radius 1 is 1.36 bits per heavy atom. The molecule has 1 heterocycles. The van der Waals surface area contributed by atoms with Gasteiger partial charge in [0.05, 0.1) is 18.1 Å². The summed E-state index contributed by atoms with van der Waals surface area (Å²) in [4.78, 5) is 15.8. The molecule has 1 aliphatic rings. The lowest BCUT2D eigenvalue weighted by molar-refractivity contribution is -0.131. The molecule has 1 amide bonds. The molecule has 0 spiro atoms. The van der Waals surface area contributed by atoms with E-state index in [0.717, 1.165) is 28.0 Å². The third-order valence-corrected chi connectivity index (χ3v) is 5.30. The first-order chi connectivity index (χ1) is 10.6. The molecule has 0 bridgehead atoms. The molecule has 1 aromatic carbocycles. The van der Waals surface area contributed by atoms with Gasteiger partial charge < -0.3 is 9.32 Å². The smallest absolute Gasteiger partial charge is 0.233 e. The van der Waals surface area contributed by atoms with Crippen molar-refractivity contribution < 1.29 is 9.21 Å². The van der Waals surface area contributed by atoms with Gasteiger partial charge in [0.25, 0.3) is 0 Å². The lowest BCUT2D eigenvalue weighted by atomic mass is 10.2. The summed E-state index contributed by atoms with van der Waals surface area (Å²) in [5.41, 5.74) is 0. The number of hydrogen-bond donors (Lipinski definition) is 0. The zero-order valence-corrected chi connectivity index (χ0v) is 14.8. The minimum Gasteiger partial charge on any atom is -0.467 e. The molecular weight excluding hydrogens is 362 g/mol. The van der Waals surface area contributed by atoms with E-state index in [9.17, 15) is 4.79 Å². The summed E-state index contributed by atoms with van der Waals surface area (Å²) in [6.07, 6.45) is 3.86. The molecule has 0 radical (unpaired) electrons. The number of carbonyl (C=O) groups excluding carboxylic acids is 1. The van der Waals surface area contributed by atoms with Crippen molar-refractivity contribution in [2.75, 3.05) is 5.75 Å². The SMILES string of the molecule is CC(c1ccco1)N(C(=O)CSc1ccc(Br)cc1)C1CC1. The fourth-order valence-corrected chi connectivity index (χ4v) is 3.54. The Morgan fingerprint density at radius 2 is 2.09 bits per heavy atom. The van der Waals surface area contributed by atoms with E-state index < -0.39 is 0 Å². The molecule has 0 N–H and O–H groups in total. The zero-order chi connectivity index (χ0) is 15.5. The van der Waals surface area contributed by atoms with E-state index in [1.165, 1.54) is 0 Å². The number of carbonyl (C=O) groups is 1. The Morgan fingerprint density at radius 3 is 2.68 bits per heavy atom. The molecule has 0 aliphatic heterocycles. The van der Waals surface area contributed by atoms with Gasteiger partial charge in [0, 0.05) is 15.4 Å². The molecule has 3 rings (SSSR count). The molecule has 0 saturated heterocycles. The van der Waals surface area contributed by atoms with Crippen molar-refractivity contribution in [2.24, 2.45) is 0 Å². The lowest BCUT2D eigenvalue weighted by Crippen LogP contribution is -2.36. The van der Waals surface area contributed by atoms with Gasteiger partial charge in [0.1, 0.15) is 5.76 Å². The van der Waals surface area contributed by atoms with E-state index >= 15 is 0 Å². The van der Waals surface area contributed by atoms with E-state index in [-0.39, 0.29) is 11.9 Å². The molecule has 22 heavy (non-hydrogen) atoms. The molecule has 116 valence electrons. The summed E-state index contributed by atoms with van der Waals surface area (Å²) in [6.45, 7) is 2.04. The molecule has 1 fully saturated rings. The van der Waals surface area contributed by atoms with Crippen LogP contribution in [-0.4, -0.2) is 22.6 Å². The van der Waals surface area contributed by atoms with Gasteiger partial charge in [-0.3, -0.25) is 4.79 Å². The normalized spacial score (nSPS) is 15.5. The van der Waals surface area contributed by atoms with Crippen LogP contribution in [0.25, 0.3) is 0 Å². The van der Waals surface area contributed by atoms with Crippen molar-refractivity contribution in [1.82, 2.24) is 4.90 Å². The number of rotatable bonds is 6. The van der Waals surface area contributed by atoms with Crippen LogP contribution >= 0.6 is 27.7 Å². The highest BCUT2D eigenvalue weighted by atomic mass is 79.9. The molecule has 1 aromatic heterocycles. The van der Waals surface area contributed by atoms with Crippen LogP contribution in [0.2, 0.25) is 0 Å². The van der Waals surface area contributed by atoms with Crippen molar-refractivity contribution in [3.05, 3.63) is 52.9 Å². The molecule has 1 unspecified atom stereocenters. The number of halogens is 1. The first-order valence-electron chi connectivity index (χ1n) is 7.38. The summed E-state index contributed by atoms with van der Waals surface area (Å²) in [5.74, 6) is 1.50. The zero-order valence-electron chi connectivity index (χ0n) is 12.4. The van der Waals surface area contributed by atoms with E-state index in [0.29, 0.717) is 11.8 Å². The van der Waals surface area contributed by atoms with Gasteiger partial charge in [-0.15, -0.1) is 11.8 Å². The monoisotopic (exact) mass is 379 g/mol. The largest absolute Gasteiger partial charge is 0.467 e. The van der Waals surface area contributed by atoms with Crippen LogP contribution in [0.4, 0.5) is 0 Å². The standard InChI is InChI=1S/C17H18BrNO2S/c1-12(16-3-2-10-21-16)19(14-6-7-14)17(20)11-22-15-8-4-13(18)5-9-15/h2-5,8-10,12,14H,6-7,11H2,1H3. The maximum atomic E-state index is 12.7. The van der Waals surface area contributed by atoms with Gasteiger partial charge >= 0.3 is 0 Å². The maximum Gasteiger partial charge on any atom is 0.233 e. The third-order valence-electron chi connectivity index (χ3n) is 3.78. The summed E-state index contributed by atoms with van der Waals surface area (Å²) in [7, 11) is 0. The highest BCUT2D eigenvalue weighted by Crippen LogP contribution is 2.35. The molecule has 1 saturated carbocycles. The quantitative estimate of drug-likeness (QED) is 0.670. The summed E-state index contributed by atoms with van der Waals surface area (Å²) in [5, 5.41) is 0. The Hall–Kier alpha value is -1.20. The topological polar surface area (TPSA) is 33.5 Å². The Labute approximate surface area is 143 Å². The first kappa shape index (κ1) is 15.7. The molecule has 1 atom stereocenters. The number of hydrogen-bond acceptors (Lipinski definition) is 3. The minimum atomic E-state index is 0.000479. The maximum absolute atomic E-state index is 12.7. The van der Waals surface area contributed by atoms with Gasteiger partial charge in [0.2, 0.25) is 5.91 Å². The predicted octanol–water partition coefficient (Wildman–Crippen LogP) is 4.89. The Balaban J connectivity index is 1.64. The summed E-state index contributed by atoms with van der Waals surface area (Å²) < 4.78 is 6.52. The number of furan rings is 1. The number of thioether (sulfide) groups is 1. The molecule has 2 aromatic rings. The lowest BCUT2D eigenvalue weighted by Gasteiger charge is -2.28. The summed E-state index contributed by atoms with van der Waals surface area (Å²) in [6, 6.07) is 12.2. The van der Waals surface area contributed by atoms with Crippen molar-refractivity contribution in [3.63, 3.8) is 0 Å². The van der Waals surface area contributed by atoms with Gasteiger partial charge in [0.15, 0.2) is 0 Å². The number of nitrogens with zero attached hydrogens (tertiary/aromatic N) is 1. The first-order valence-corrected chi connectivity index (χ1v) is 9.16. The van der Waals surface area contributed by atoms with Crippen molar-refractivity contribution in [2.45, 2.75) is 36.7 Å². The van der Waals surface area contributed by atoms with Crippen LogP contribution in [0.5, 0.6) is 0 Å². The molecule has 3 nitrogen and oxygen atoms in total. The fourth-order valence-electron chi connectivity index (χ4n) is 2.51. The van der Waals surface area contributed by atoms with Crippen LogP contribution < -0.4 is 0 Å². The second-order valence-electron chi connectivity index (χ2n) is 5.47. The minimum absolute atomic E-state index is 0.000479. The highest BCUT2D eigenvalue weighted by Gasteiger charge is 2.36. The van der Waals surface area contributed by atoms with E-state index in [1.54, 1.807) is 18.0 Å². The van der Waals surface area contributed by atoms with Crippen LogP contribution in [0.15, 0.2) is 56.4 Å². The van der Waals surface area contributed by atoms with Crippen molar-refractivity contribution in [3.8, 4) is 0 Å². The van der Waals surface area contributed by atoms with Gasteiger partial charge in [-0.2, -0.15) is 0 Å². The van der Waals surface area contributed by atoms with Crippen LogP contribution in [0.1, 0.15) is 31.6 Å². The highest BCUT2D eigenvalue weighted by molar-refractivity contribution is 9.10. The third kappa shape index (κ3) is 3.76. The van der Waals surface area contributed by atoms with Crippen molar-refractivity contribution in [1.29, 1.82) is 0 Å². The molecule has 1 aliphatic carbocycles. The van der Waals surface area contributed by atoms with E-state index in [4.69, 9.17) is 4.42 Å². The number of benzene rings is 1. The second-order valence-corrected chi connectivity index (χ2v) is 7.43. The van der Waals surface area contributed by atoms with E-state index in [2.05, 4.69) is 15.9 Å². The van der Waals surface area contributed by atoms with Crippen LogP contribution in [0, 0.1) is 0 Å². The van der Waals surface area contributed by atoms with Crippen LogP contribution in [0.3, 0.4) is 0 Å². The second kappa shape index (κ2) is 6.92. The number of amides is 1. The summed E-state index contributed by atoms with van der Waals surface area (Å²) >= 11 is 5.01. The van der Waals surface area contributed by atoms with E-state index in [1.807, 2.05) is 48.2 Å². The van der Waals surface area contributed by atoms with Gasteiger partial charge in [-0.25, -0.2) is 0 Å². The average Bonchev–Trinajstić information content (AvgIpc) is 3.18. The Bertz CT molecular complexity index is 623. The van der Waals surface area contributed by atoms with Crippen molar-refractivity contribution >= 4 is 33.6 Å². The Kier molecular flexibility index (Phi) is 4.93. The molecule has 5 heteroatoms. The van der Waals surface area contributed by atoms with Crippen LogP contribution in [-0.2, 0) is 4.79 Å². The fraction of sp³-hybridized carbons (Fsp3) is 0.353. The average molecular weight is 380 g/mol. The molecular formula is C17H18BrNO2S. The van der Waals surface area contributed by atoms with Gasteiger partial charge in [-0.05, 0) is 56.2 Å².